The number of thiophene rings is 1. The van der Waals surface area contributed by atoms with Crippen molar-refractivity contribution >= 4 is 67.1 Å². The molecule has 0 saturated carbocycles. The summed E-state index contributed by atoms with van der Waals surface area (Å²) in [6.07, 6.45) is 0. The van der Waals surface area contributed by atoms with E-state index in [1.807, 2.05) is 18.2 Å². The van der Waals surface area contributed by atoms with Crippen molar-refractivity contribution in [2.75, 3.05) is 31.1 Å². The highest BCUT2D eigenvalue weighted by Crippen LogP contribution is 2.32. The Bertz CT molecular complexity index is 905. The maximum Gasteiger partial charge on any atom is 0.270 e. The number of benzene rings is 1. The Labute approximate surface area is 171 Å². The second kappa shape index (κ2) is 8.67. The average Bonchev–Trinajstić information content (AvgIpc) is 3.24. The van der Waals surface area contributed by atoms with Crippen molar-refractivity contribution in [2.45, 2.75) is 13.8 Å². The van der Waals surface area contributed by atoms with Crippen LogP contribution in [-0.4, -0.2) is 42.0 Å². The number of hydrogen-bond acceptors (Lipinski definition) is 5. The predicted octanol–water partition coefficient (Wildman–Crippen LogP) is 5.65. The summed E-state index contributed by atoms with van der Waals surface area (Å²) in [6.45, 7) is 7.48. The third kappa shape index (κ3) is 4.38. The van der Waals surface area contributed by atoms with E-state index < -0.39 is 0 Å². The van der Waals surface area contributed by atoms with Crippen molar-refractivity contribution in [1.82, 2.24) is 9.88 Å². The van der Waals surface area contributed by atoms with Gasteiger partial charge in [0, 0.05) is 18.1 Å². The summed E-state index contributed by atoms with van der Waals surface area (Å²) in [5, 5.41) is 1.35. The van der Waals surface area contributed by atoms with Crippen molar-refractivity contribution < 1.29 is 4.79 Å². The van der Waals surface area contributed by atoms with Gasteiger partial charge in [0.15, 0.2) is 5.13 Å². The zero-order valence-corrected chi connectivity index (χ0v) is 17.7. The summed E-state index contributed by atoms with van der Waals surface area (Å²) >= 11 is 14.9. The predicted molar refractivity (Wildman–Crippen MR) is 113 cm³/mol. The first-order valence-electron chi connectivity index (χ1n) is 8.37. The molecule has 3 rings (SSSR count). The Hall–Kier alpha value is -1.18. The standard InChI is InChI=1S/C18H19Cl2N3OS2/c1-3-22(4-2)9-10-23(17(24)14-7-8-16(20)25-14)18-21-13-6-5-12(19)11-15(13)26-18/h5-8,11H,3-4,9-10H2,1-2H3. The number of likely N-dealkylation sites (N-methyl/N-ethyl adjacent to an activating group) is 1. The van der Waals surface area contributed by atoms with E-state index in [-0.39, 0.29) is 5.91 Å². The number of aromatic nitrogens is 1. The first-order valence-corrected chi connectivity index (χ1v) is 10.8. The summed E-state index contributed by atoms with van der Waals surface area (Å²) in [7, 11) is 0. The molecule has 138 valence electrons. The smallest absolute Gasteiger partial charge is 0.270 e. The third-order valence-corrected chi connectivity index (χ3v) is 6.63. The van der Waals surface area contributed by atoms with Crippen molar-refractivity contribution in [3.8, 4) is 0 Å². The maximum atomic E-state index is 13.1. The summed E-state index contributed by atoms with van der Waals surface area (Å²) in [6, 6.07) is 9.10. The van der Waals surface area contributed by atoms with E-state index in [9.17, 15) is 4.79 Å². The second-order valence-electron chi connectivity index (χ2n) is 5.70. The van der Waals surface area contributed by atoms with E-state index in [1.165, 1.54) is 22.7 Å². The molecule has 0 radical (unpaired) electrons. The van der Waals surface area contributed by atoms with Crippen LogP contribution in [0, 0.1) is 0 Å². The zero-order valence-electron chi connectivity index (χ0n) is 14.5. The number of halogens is 2. The van der Waals surface area contributed by atoms with Crippen LogP contribution in [0.3, 0.4) is 0 Å². The SMILES string of the molecule is CCN(CC)CCN(C(=O)c1ccc(Cl)s1)c1nc2ccc(Cl)cc2s1. The van der Waals surface area contributed by atoms with Gasteiger partial charge in [-0.15, -0.1) is 11.3 Å². The lowest BCUT2D eigenvalue weighted by atomic mass is 10.3. The molecule has 8 heteroatoms. The first kappa shape index (κ1) is 19.6. The monoisotopic (exact) mass is 427 g/mol. The minimum atomic E-state index is -0.0702. The maximum absolute atomic E-state index is 13.1. The molecule has 0 bridgehead atoms. The molecule has 1 amide bonds. The summed E-state index contributed by atoms with van der Waals surface area (Å²) < 4.78 is 1.57. The molecule has 0 unspecified atom stereocenters. The van der Waals surface area contributed by atoms with Crippen molar-refractivity contribution in [2.24, 2.45) is 0 Å². The number of carbonyl (C=O) groups excluding carboxylic acids is 1. The van der Waals surface area contributed by atoms with Gasteiger partial charge in [-0.05, 0) is 43.4 Å². The van der Waals surface area contributed by atoms with Gasteiger partial charge in [-0.2, -0.15) is 0 Å². The van der Waals surface area contributed by atoms with Crippen LogP contribution in [0.1, 0.15) is 23.5 Å². The van der Waals surface area contributed by atoms with Crippen LogP contribution in [0.15, 0.2) is 30.3 Å². The lowest BCUT2D eigenvalue weighted by Crippen LogP contribution is -2.38. The van der Waals surface area contributed by atoms with Gasteiger partial charge in [0.1, 0.15) is 0 Å². The van der Waals surface area contributed by atoms with E-state index in [0.717, 1.165) is 29.9 Å². The van der Waals surface area contributed by atoms with Gasteiger partial charge >= 0.3 is 0 Å². The van der Waals surface area contributed by atoms with Crippen LogP contribution in [0.2, 0.25) is 9.36 Å². The summed E-state index contributed by atoms with van der Waals surface area (Å²) in [4.78, 5) is 22.4. The third-order valence-electron chi connectivity index (χ3n) is 4.13. The summed E-state index contributed by atoms with van der Waals surface area (Å²) in [5.41, 5.74) is 0.847. The summed E-state index contributed by atoms with van der Waals surface area (Å²) in [5.74, 6) is -0.0702. The lowest BCUT2D eigenvalue weighted by molar-refractivity contribution is 0.0987. The number of carbonyl (C=O) groups is 1. The number of rotatable bonds is 7. The highest BCUT2D eigenvalue weighted by Gasteiger charge is 2.23. The van der Waals surface area contributed by atoms with Crippen molar-refractivity contribution in [3.63, 3.8) is 0 Å². The molecule has 3 aromatic rings. The first-order chi connectivity index (χ1) is 12.5. The molecule has 0 aliphatic heterocycles. The highest BCUT2D eigenvalue weighted by atomic mass is 35.5. The molecule has 0 fully saturated rings. The van der Waals surface area contributed by atoms with E-state index in [2.05, 4.69) is 23.7 Å². The Morgan fingerprint density at radius 3 is 2.50 bits per heavy atom. The lowest BCUT2D eigenvalue weighted by Gasteiger charge is -2.24. The van der Waals surface area contributed by atoms with Gasteiger partial charge in [-0.1, -0.05) is 48.4 Å². The van der Waals surface area contributed by atoms with Crippen LogP contribution in [0.5, 0.6) is 0 Å². The molecule has 2 aromatic heterocycles. The van der Waals surface area contributed by atoms with Gasteiger partial charge in [-0.3, -0.25) is 9.69 Å². The van der Waals surface area contributed by atoms with Crippen molar-refractivity contribution in [1.29, 1.82) is 0 Å². The largest absolute Gasteiger partial charge is 0.302 e. The van der Waals surface area contributed by atoms with Crippen LogP contribution < -0.4 is 4.90 Å². The van der Waals surface area contributed by atoms with E-state index in [0.29, 0.717) is 25.9 Å². The number of anilines is 1. The molecule has 0 saturated heterocycles. The molecule has 1 aromatic carbocycles. The van der Waals surface area contributed by atoms with Crippen LogP contribution in [-0.2, 0) is 0 Å². The fourth-order valence-electron chi connectivity index (χ4n) is 2.63. The normalized spacial score (nSPS) is 11.4. The minimum Gasteiger partial charge on any atom is -0.302 e. The molecular formula is C18H19Cl2N3OS2. The molecule has 4 nitrogen and oxygen atoms in total. The second-order valence-corrected chi connectivity index (χ2v) is 8.86. The molecule has 0 aliphatic rings. The van der Waals surface area contributed by atoms with Gasteiger partial charge in [0.2, 0.25) is 0 Å². The number of fused-ring (bicyclic) bond motifs is 1. The Morgan fingerprint density at radius 1 is 1.08 bits per heavy atom. The van der Waals surface area contributed by atoms with E-state index >= 15 is 0 Å². The molecule has 0 spiro atoms. The van der Waals surface area contributed by atoms with Crippen LogP contribution in [0.25, 0.3) is 10.2 Å². The number of hydrogen-bond donors (Lipinski definition) is 0. The fourth-order valence-corrected chi connectivity index (χ4v) is 4.89. The van der Waals surface area contributed by atoms with Crippen molar-refractivity contribution in [3.05, 3.63) is 44.6 Å². The topological polar surface area (TPSA) is 36.4 Å². The number of amides is 1. The van der Waals surface area contributed by atoms with Gasteiger partial charge in [0.05, 0.1) is 19.4 Å². The molecular weight excluding hydrogens is 409 g/mol. The average molecular weight is 428 g/mol. The molecule has 0 atom stereocenters. The number of thiazole rings is 1. The fraction of sp³-hybridized carbons (Fsp3) is 0.333. The van der Waals surface area contributed by atoms with Gasteiger partial charge in [0.25, 0.3) is 5.91 Å². The Balaban J connectivity index is 1.93. The van der Waals surface area contributed by atoms with Crippen LogP contribution in [0.4, 0.5) is 5.13 Å². The zero-order chi connectivity index (χ0) is 18.7. The highest BCUT2D eigenvalue weighted by molar-refractivity contribution is 7.22. The quantitative estimate of drug-likeness (QED) is 0.488. The molecule has 0 aliphatic carbocycles. The van der Waals surface area contributed by atoms with Crippen LogP contribution >= 0.6 is 45.9 Å². The van der Waals surface area contributed by atoms with E-state index in [1.54, 1.807) is 17.0 Å². The Kier molecular flexibility index (Phi) is 6.53. The Morgan fingerprint density at radius 2 is 1.85 bits per heavy atom. The number of nitrogens with zero attached hydrogens (tertiary/aromatic N) is 3. The molecule has 26 heavy (non-hydrogen) atoms. The van der Waals surface area contributed by atoms with E-state index in [4.69, 9.17) is 23.2 Å². The molecule has 2 heterocycles. The van der Waals surface area contributed by atoms with Gasteiger partial charge in [-0.25, -0.2) is 4.98 Å². The molecule has 0 N–H and O–H groups in total. The van der Waals surface area contributed by atoms with Gasteiger partial charge < -0.3 is 4.90 Å². The minimum absolute atomic E-state index is 0.0702.